The Labute approximate surface area is 93.9 Å². The van der Waals surface area contributed by atoms with Gasteiger partial charge >= 0.3 is 5.97 Å². The van der Waals surface area contributed by atoms with Crippen LogP contribution in [0.3, 0.4) is 0 Å². The van der Waals surface area contributed by atoms with Gasteiger partial charge in [0, 0.05) is 13.8 Å². The van der Waals surface area contributed by atoms with E-state index >= 15 is 0 Å². The molecule has 0 aliphatic heterocycles. The molecule has 0 amide bonds. The molecule has 0 aromatic rings. The van der Waals surface area contributed by atoms with Gasteiger partial charge in [-0.2, -0.15) is 0 Å². The molecule has 0 radical (unpaired) electrons. The monoisotopic (exact) mass is 237 g/mol. The molecule has 5 N–H and O–H groups in total. The van der Waals surface area contributed by atoms with Gasteiger partial charge in [0.05, 0.1) is 0 Å². The Morgan fingerprint density at radius 3 is 1.12 bits per heavy atom. The molecule has 0 aromatic carbocycles. The van der Waals surface area contributed by atoms with Crippen LogP contribution in [0.15, 0.2) is 0 Å². The van der Waals surface area contributed by atoms with E-state index in [1.165, 1.54) is 0 Å². The molecular formula is C9H19NO6. The maximum absolute atomic E-state index is 10.0. The van der Waals surface area contributed by atoms with E-state index in [1.54, 1.807) is 13.8 Å². The lowest BCUT2D eigenvalue weighted by atomic mass is 10.1. The number of carboxylic acids is 3. The van der Waals surface area contributed by atoms with Crippen molar-refractivity contribution in [2.75, 3.05) is 0 Å². The Morgan fingerprint density at radius 2 is 1.12 bits per heavy atom. The fourth-order valence-electron chi connectivity index (χ4n) is 0.285. The first-order valence-corrected chi connectivity index (χ1v) is 4.39. The van der Waals surface area contributed by atoms with Crippen LogP contribution in [0.2, 0.25) is 0 Å². The topological polar surface area (TPSA) is 138 Å². The van der Waals surface area contributed by atoms with Gasteiger partial charge in [-0.3, -0.25) is 14.4 Å². The van der Waals surface area contributed by atoms with Crippen LogP contribution in [0.4, 0.5) is 0 Å². The summed E-state index contributed by atoms with van der Waals surface area (Å²) in [5, 5.41) is 23.1. The van der Waals surface area contributed by atoms with E-state index in [9.17, 15) is 4.79 Å². The first-order chi connectivity index (χ1) is 7.02. The van der Waals surface area contributed by atoms with E-state index in [0.717, 1.165) is 13.8 Å². The van der Waals surface area contributed by atoms with Crippen molar-refractivity contribution in [3.05, 3.63) is 0 Å². The number of carboxylic acid groups (broad SMARTS) is 3. The molecule has 0 fully saturated rings. The molecule has 0 saturated heterocycles. The van der Waals surface area contributed by atoms with Gasteiger partial charge in [0.25, 0.3) is 11.9 Å². The highest BCUT2D eigenvalue weighted by atomic mass is 16.4. The molecule has 1 atom stereocenters. The zero-order valence-corrected chi connectivity index (χ0v) is 9.80. The number of hydrogen-bond donors (Lipinski definition) is 4. The molecule has 96 valence electrons. The Balaban J connectivity index is -0.000000179. The van der Waals surface area contributed by atoms with Crippen molar-refractivity contribution in [3.8, 4) is 0 Å². The van der Waals surface area contributed by atoms with Crippen molar-refractivity contribution in [1.82, 2.24) is 0 Å². The second kappa shape index (κ2) is 11.4. The summed E-state index contributed by atoms with van der Waals surface area (Å²) in [6, 6.07) is -0.713. The van der Waals surface area contributed by atoms with Gasteiger partial charge in [-0.1, -0.05) is 13.8 Å². The third-order valence-electron chi connectivity index (χ3n) is 1.00. The average molecular weight is 237 g/mol. The van der Waals surface area contributed by atoms with Crippen molar-refractivity contribution >= 4 is 17.9 Å². The van der Waals surface area contributed by atoms with Crippen LogP contribution in [0.25, 0.3) is 0 Å². The van der Waals surface area contributed by atoms with Gasteiger partial charge in [-0.05, 0) is 5.92 Å². The molecule has 0 aliphatic rings. The van der Waals surface area contributed by atoms with E-state index in [2.05, 4.69) is 0 Å². The van der Waals surface area contributed by atoms with Gasteiger partial charge < -0.3 is 21.1 Å². The largest absolute Gasteiger partial charge is 0.481 e. The van der Waals surface area contributed by atoms with Crippen molar-refractivity contribution in [3.63, 3.8) is 0 Å². The van der Waals surface area contributed by atoms with Gasteiger partial charge in [-0.25, -0.2) is 0 Å². The van der Waals surface area contributed by atoms with Gasteiger partial charge in [0.1, 0.15) is 6.04 Å². The maximum atomic E-state index is 10.0. The summed E-state index contributed by atoms with van der Waals surface area (Å²) in [5.41, 5.74) is 5.16. The van der Waals surface area contributed by atoms with Crippen molar-refractivity contribution in [2.45, 2.75) is 33.7 Å². The lowest BCUT2D eigenvalue weighted by molar-refractivity contribution is -0.139. The van der Waals surface area contributed by atoms with Crippen LogP contribution in [-0.4, -0.2) is 39.3 Å². The summed E-state index contributed by atoms with van der Waals surface area (Å²) in [4.78, 5) is 28.0. The predicted molar refractivity (Wildman–Crippen MR) is 57.1 cm³/mol. The number of hydrogen-bond acceptors (Lipinski definition) is 4. The number of carbonyl (C=O) groups is 3. The van der Waals surface area contributed by atoms with Crippen molar-refractivity contribution < 1.29 is 29.7 Å². The van der Waals surface area contributed by atoms with E-state index < -0.39 is 23.9 Å². The molecule has 0 aliphatic carbocycles. The molecule has 0 saturated carbocycles. The molecule has 7 heteroatoms. The molecule has 0 bridgehead atoms. The second-order valence-corrected chi connectivity index (χ2v) is 3.15. The second-order valence-electron chi connectivity index (χ2n) is 3.15. The van der Waals surface area contributed by atoms with E-state index in [4.69, 9.17) is 30.6 Å². The molecule has 0 aromatic heterocycles. The first-order valence-electron chi connectivity index (χ1n) is 4.39. The number of rotatable bonds is 2. The lowest BCUT2D eigenvalue weighted by Gasteiger charge is -2.07. The summed E-state index contributed by atoms with van der Waals surface area (Å²) in [6.07, 6.45) is 0. The van der Waals surface area contributed by atoms with Crippen LogP contribution in [0.5, 0.6) is 0 Å². The Hall–Kier alpha value is -1.63. The summed E-state index contributed by atoms with van der Waals surface area (Å²) in [7, 11) is 0. The fraction of sp³-hybridized carbons (Fsp3) is 0.667. The van der Waals surface area contributed by atoms with Crippen molar-refractivity contribution in [1.29, 1.82) is 0 Å². The zero-order valence-electron chi connectivity index (χ0n) is 9.80. The first kappa shape index (κ1) is 19.9. The van der Waals surface area contributed by atoms with E-state index in [1.807, 2.05) is 0 Å². The number of aliphatic carboxylic acids is 3. The minimum Gasteiger partial charge on any atom is -0.481 e. The van der Waals surface area contributed by atoms with Crippen molar-refractivity contribution in [2.24, 2.45) is 11.7 Å². The molecule has 7 nitrogen and oxygen atoms in total. The third kappa shape index (κ3) is 39.4. The molecular weight excluding hydrogens is 218 g/mol. The minimum atomic E-state index is -0.931. The Kier molecular flexibility index (Phi) is 14.2. The molecule has 1 unspecified atom stereocenters. The molecule has 16 heavy (non-hydrogen) atoms. The fourth-order valence-corrected chi connectivity index (χ4v) is 0.285. The van der Waals surface area contributed by atoms with Crippen LogP contribution < -0.4 is 5.73 Å². The van der Waals surface area contributed by atoms with E-state index in [-0.39, 0.29) is 5.92 Å². The normalized spacial score (nSPS) is 10.1. The number of nitrogens with two attached hydrogens (primary N) is 1. The highest BCUT2D eigenvalue weighted by Gasteiger charge is 2.14. The van der Waals surface area contributed by atoms with Crippen LogP contribution in [0.1, 0.15) is 27.7 Å². The van der Waals surface area contributed by atoms with Gasteiger partial charge in [-0.15, -0.1) is 0 Å². The summed E-state index contributed by atoms with van der Waals surface area (Å²) >= 11 is 0. The SMILES string of the molecule is CC(=O)O.CC(=O)O.CC(C)C(N)C(=O)O. The van der Waals surface area contributed by atoms with E-state index in [0.29, 0.717) is 0 Å². The molecule has 0 spiro atoms. The highest BCUT2D eigenvalue weighted by molar-refractivity contribution is 5.73. The minimum absolute atomic E-state index is 0.0208. The summed E-state index contributed by atoms with van der Waals surface area (Å²) in [6.45, 7) is 5.72. The summed E-state index contributed by atoms with van der Waals surface area (Å²) in [5.74, 6) is -2.58. The smallest absolute Gasteiger partial charge is 0.320 e. The average Bonchev–Trinajstić information content (AvgIpc) is 2.00. The highest BCUT2D eigenvalue weighted by Crippen LogP contribution is 1.96. The molecule has 0 rings (SSSR count). The molecule has 0 heterocycles. The predicted octanol–water partition coefficient (Wildman–Crippen LogP) is 0.236. The van der Waals surface area contributed by atoms with Crippen LogP contribution >= 0.6 is 0 Å². The third-order valence-corrected chi connectivity index (χ3v) is 1.00. The quantitative estimate of drug-likeness (QED) is 0.539. The lowest BCUT2D eigenvalue weighted by Crippen LogP contribution is -2.34. The van der Waals surface area contributed by atoms with Crippen LogP contribution in [0, 0.1) is 5.92 Å². The Bertz CT molecular complexity index is 206. The van der Waals surface area contributed by atoms with Crippen LogP contribution in [-0.2, 0) is 14.4 Å². The maximum Gasteiger partial charge on any atom is 0.320 e. The Morgan fingerprint density at radius 1 is 0.938 bits per heavy atom. The standard InChI is InChI=1S/C5H11NO2.2C2H4O2/c1-3(2)4(6)5(7)8;2*1-2(3)4/h3-4H,6H2,1-2H3,(H,7,8);2*1H3,(H,3,4). The van der Waals surface area contributed by atoms with Gasteiger partial charge in [0.2, 0.25) is 0 Å². The summed E-state index contributed by atoms with van der Waals surface area (Å²) < 4.78 is 0. The van der Waals surface area contributed by atoms with Gasteiger partial charge in [0.15, 0.2) is 0 Å². The zero-order chi connectivity index (χ0) is 13.9.